The predicted molar refractivity (Wildman–Crippen MR) is 126 cm³/mol. The molecule has 0 spiro atoms. The predicted octanol–water partition coefficient (Wildman–Crippen LogP) is 4.01. The van der Waals surface area contributed by atoms with Crippen molar-refractivity contribution in [3.05, 3.63) is 95.1 Å². The molecule has 32 heavy (non-hydrogen) atoms. The fourth-order valence-electron chi connectivity index (χ4n) is 4.41. The number of carbonyl (C=O) groups excluding carboxylic acids is 1. The molecule has 3 aromatic rings. The Morgan fingerprint density at radius 2 is 1.72 bits per heavy atom. The van der Waals surface area contributed by atoms with Gasteiger partial charge in [0.25, 0.3) is 0 Å². The van der Waals surface area contributed by atoms with Crippen LogP contribution in [0.15, 0.2) is 72.8 Å². The van der Waals surface area contributed by atoms with Crippen molar-refractivity contribution in [3.8, 4) is 11.5 Å². The molecule has 1 heterocycles. The Morgan fingerprint density at radius 3 is 2.50 bits per heavy atom. The lowest BCUT2D eigenvalue weighted by Crippen LogP contribution is -2.42. The van der Waals surface area contributed by atoms with Gasteiger partial charge in [-0.15, -0.1) is 0 Å². The first-order valence-electron chi connectivity index (χ1n) is 11.0. The summed E-state index contributed by atoms with van der Waals surface area (Å²) in [5.41, 5.74) is 5.05. The van der Waals surface area contributed by atoms with E-state index in [2.05, 4.69) is 58.7 Å². The topological polar surface area (TPSA) is 50.8 Å². The monoisotopic (exact) mass is 430 g/mol. The van der Waals surface area contributed by atoms with Gasteiger partial charge in [0, 0.05) is 25.6 Å². The molecule has 1 aliphatic heterocycles. The Balaban J connectivity index is 1.35. The van der Waals surface area contributed by atoms with Gasteiger partial charge < -0.3 is 14.8 Å². The van der Waals surface area contributed by atoms with Gasteiger partial charge in [-0.25, -0.2) is 0 Å². The molecule has 5 nitrogen and oxygen atoms in total. The van der Waals surface area contributed by atoms with E-state index in [-0.39, 0.29) is 11.8 Å². The molecule has 5 heteroatoms. The van der Waals surface area contributed by atoms with Gasteiger partial charge in [-0.1, -0.05) is 60.7 Å². The minimum absolute atomic E-state index is 0.0525. The highest BCUT2D eigenvalue weighted by molar-refractivity contribution is 5.78. The second-order valence-corrected chi connectivity index (χ2v) is 8.12. The third-order valence-electron chi connectivity index (χ3n) is 6.02. The summed E-state index contributed by atoms with van der Waals surface area (Å²) in [5, 5.41) is 3.07. The highest BCUT2D eigenvalue weighted by Crippen LogP contribution is 2.33. The van der Waals surface area contributed by atoms with Crippen molar-refractivity contribution < 1.29 is 14.3 Å². The van der Waals surface area contributed by atoms with Crippen molar-refractivity contribution in [3.63, 3.8) is 0 Å². The highest BCUT2D eigenvalue weighted by atomic mass is 16.5. The summed E-state index contributed by atoms with van der Waals surface area (Å²) in [6, 6.07) is 25.0. The average molecular weight is 431 g/mol. The Morgan fingerprint density at radius 1 is 0.969 bits per heavy atom. The molecule has 4 rings (SSSR count). The third-order valence-corrected chi connectivity index (χ3v) is 6.02. The normalized spacial score (nSPS) is 15.6. The SMILES string of the molecule is COc1ccc(CCNC(=O)CN2Cc3ccccc3C(c3ccccc3)C2)cc1OC. The second-order valence-electron chi connectivity index (χ2n) is 8.12. The molecular formula is C27H30N2O3. The van der Waals surface area contributed by atoms with E-state index in [9.17, 15) is 4.79 Å². The zero-order valence-corrected chi connectivity index (χ0v) is 18.7. The second kappa shape index (κ2) is 10.3. The maximum absolute atomic E-state index is 12.7. The molecule has 1 aliphatic rings. The highest BCUT2D eigenvalue weighted by Gasteiger charge is 2.27. The van der Waals surface area contributed by atoms with Crippen LogP contribution < -0.4 is 14.8 Å². The van der Waals surface area contributed by atoms with Gasteiger partial charge in [-0.05, 0) is 40.8 Å². The lowest BCUT2D eigenvalue weighted by Gasteiger charge is -2.34. The van der Waals surface area contributed by atoms with E-state index in [4.69, 9.17) is 9.47 Å². The van der Waals surface area contributed by atoms with E-state index in [0.29, 0.717) is 24.6 Å². The molecular weight excluding hydrogens is 400 g/mol. The number of amides is 1. The van der Waals surface area contributed by atoms with E-state index in [0.717, 1.165) is 25.1 Å². The summed E-state index contributed by atoms with van der Waals surface area (Å²) in [6.07, 6.45) is 0.738. The third kappa shape index (κ3) is 5.11. The van der Waals surface area contributed by atoms with Gasteiger partial charge in [0.1, 0.15) is 0 Å². The van der Waals surface area contributed by atoms with Crippen molar-refractivity contribution >= 4 is 5.91 Å². The number of nitrogens with zero attached hydrogens (tertiary/aromatic N) is 1. The molecule has 1 N–H and O–H groups in total. The fourth-order valence-corrected chi connectivity index (χ4v) is 4.41. The first-order valence-corrected chi connectivity index (χ1v) is 11.0. The summed E-state index contributed by atoms with van der Waals surface area (Å²) in [6.45, 7) is 2.61. The number of carbonyl (C=O) groups is 1. The Labute approximate surface area is 190 Å². The summed E-state index contributed by atoms with van der Waals surface area (Å²) >= 11 is 0. The maximum atomic E-state index is 12.7. The molecule has 1 unspecified atom stereocenters. The average Bonchev–Trinajstić information content (AvgIpc) is 2.84. The summed E-state index contributed by atoms with van der Waals surface area (Å²) in [5.74, 6) is 1.74. The van der Waals surface area contributed by atoms with Crippen molar-refractivity contribution in [1.29, 1.82) is 0 Å². The zero-order chi connectivity index (χ0) is 22.3. The van der Waals surface area contributed by atoms with Crippen LogP contribution in [0, 0.1) is 0 Å². The minimum atomic E-state index is 0.0525. The number of ether oxygens (including phenoxy) is 2. The molecule has 0 bridgehead atoms. The number of benzene rings is 3. The van der Waals surface area contributed by atoms with Gasteiger partial charge >= 0.3 is 0 Å². The molecule has 0 radical (unpaired) electrons. The van der Waals surface area contributed by atoms with Crippen LogP contribution >= 0.6 is 0 Å². The van der Waals surface area contributed by atoms with Crippen LogP contribution in [-0.2, 0) is 17.8 Å². The van der Waals surface area contributed by atoms with E-state index < -0.39 is 0 Å². The zero-order valence-electron chi connectivity index (χ0n) is 18.7. The van der Waals surface area contributed by atoms with Crippen LogP contribution in [0.2, 0.25) is 0 Å². The maximum Gasteiger partial charge on any atom is 0.234 e. The van der Waals surface area contributed by atoms with Gasteiger partial charge in [0.15, 0.2) is 11.5 Å². The minimum Gasteiger partial charge on any atom is -0.493 e. The van der Waals surface area contributed by atoms with Crippen molar-refractivity contribution in [2.75, 3.05) is 33.9 Å². The van der Waals surface area contributed by atoms with Gasteiger partial charge in [-0.2, -0.15) is 0 Å². The van der Waals surface area contributed by atoms with Gasteiger partial charge in [0.05, 0.1) is 20.8 Å². The Kier molecular flexibility index (Phi) is 7.07. The summed E-state index contributed by atoms with van der Waals surface area (Å²) < 4.78 is 10.6. The van der Waals surface area contributed by atoms with Crippen LogP contribution in [0.25, 0.3) is 0 Å². The van der Waals surface area contributed by atoms with Crippen LogP contribution in [-0.4, -0.2) is 44.7 Å². The number of hydrogen-bond acceptors (Lipinski definition) is 4. The Hall–Kier alpha value is -3.31. The lowest BCUT2D eigenvalue weighted by atomic mass is 9.84. The van der Waals surface area contributed by atoms with Crippen LogP contribution in [0.4, 0.5) is 0 Å². The molecule has 0 fully saturated rings. The van der Waals surface area contributed by atoms with Crippen LogP contribution in [0.5, 0.6) is 11.5 Å². The lowest BCUT2D eigenvalue weighted by molar-refractivity contribution is -0.122. The van der Waals surface area contributed by atoms with Crippen LogP contribution in [0.1, 0.15) is 28.2 Å². The molecule has 1 amide bonds. The summed E-state index contributed by atoms with van der Waals surface area (Å²) in [4.78, 5) is 14.9. The Bertz CT molecular complexity index is 1050. The molecule has 3 aromatic carbocycles. The van der Waals surface area contributed by atoms with E-state index in [1.807, 2.05) is 24.3 Å². The number of hydrogen-bond donors (Lipinski definition) is 1. The molecule has 0 aliphatic carbocycles. The molecule has 0 saturated carbocycles. The number of methoxy groups -OCH3 is 2. The molecule has 166 valence electrons. The van der Waals surface area contributed by atoms with E-state index in [1.54, 1.807) is 14.2 Å². The van der Waals surface area contributed by atoms with Crippen molar-refractivity contribution in [1.82, 2.24) is 10.2 Å². The van der Waals surface area contributed by atoms with Crippen LogP contribution in [0.3, 0.4) is 0 Å². The number of nitrogens with one attached hydrogen (secondary N) is 1. The number of fused-ring (bicyclic) bond motifs is 1. The largest absolute Gasteiger partial charge is 0.493 e. The quantitative estimate of drug-likeness (QED) is 0.587. The van der Waals surface area contributed by atoms with Crippen molar-refractivity contribution in [2.45, 2.75) is 18.9 Å². The number of rotatable bonds is 8. The summed E-state index contributed by atoms with van der Waals surface area (Å²) in [7, 11) is 3.25. The first kappa shape index (κ1) is 21.9. The van der Waals surface area contributed by atoms with Gasteiger partial charge in [0.2, 0.25) is 5.91 Å². The van der Waals surface area contributed by atoms with Gasteiger partial charge in [-0.3, -0.25) is 9.69 Å². The van der Waals surface area contributed by atoms with E-state index >= 15 is 0 Å². The molecule has 0 saturated heterocycles. The smallest absolute Gasteiger partial charge is 0.234 e. The molecule has 1 atom stereocenters. The first-order chi connectivity index (χ1) is 15.7. The fraction of sp³-hybridized carbons (Fsp3) is 0.296. The van der Waals surface area contributed by atoms with Crippen molar-refractivity contribution in [2.24, 2.45) is 0 Å². The van der Waals surface area contributed by atoms with E-state index in [1.165, 1.54) is 16.7 Å². The standard InChI is InChI=1S/C27H30N2O3/c1-31-25-13-12-20(16-26(25)32-2)14-15-28-27(30)19-29-17-22-10-6-7-11-23(22)24(18-29)21-8-4-3-5-9-21/h3-13,16,24H,14-15,17-19H2,1-2H3,(H,28,30). The molecule has 0 aromatic heterocycles.